The van der Waals surface area contributed by atoms with Gasteiger partial charge in [-0.25, -0.2) is 0 Å². The lowest BCUT2D eigenvalue weighted by molar-refractivity contribution is -0.148. The fourth-order valence-electron chi connectivity index (χ4n) is 3.18. The maximum atomic E-state index is 11.2. The molecule has 1 aromatic rings. The molecule has 28 heavy (non-hydrogen) atoms. The van der Waals surface area contributed by atoms with Gasteiger partial charge in [-0.05, 0) is 78.4 Å². The summed E-state index contributed by atoms with van der Waals surface area (Å²) < 4.78 is 0. The zero-order valence-corrected chi connectivity index (χ0v) is 17.4. The molecule has 0 saturated carbocycles. The molecule has 0 unspecified atom stereocenters. The minimum absolute atomic E-state index is 0.135. The van der Waals surface area contributed by atoms with Crippen LogP contribution in [0.4, 0.5) is 0 Å². The number of phenols is 2. The number of aliphatic carboxylic acids is 2. The Hall–Kier alpha value is -2.24. The number of unbranched alkanes of at least 4 members (excludes halogenated alkanes) is 2. The molecule has 4 N–H and O–H groups in total. The number of carboxylic acids is 2. The highest BCUT2D eigenvalue weighted by Crippen LogP contribution is 2.33. The zero-order valence-electron chi connectivity index (χ0n) is 17.4. The maximum Gasteiger partial charge on any atom is 0.309 e. The standard InChI is InChI=1S/C22H34O6/c1-21(2,19(25)26)13-7-5-9-15-16(18(24)12-11-17(15)23)10-6-8-14-22(3,4)20(27)28/h11-12,23-24H,5-10,13-14H2,1-4H3,(H,25,26)(H,27,28). The van der Waals surface area contributed by atoms with Gasteiger partial charge in [-0.1, -0.05) is 12.8 Å². The van der Waals surface area contributed by atoms with Gasteiger partial charge in [0.15, 0.2) is 0 Å². The quantitative estimate of drug-likeness (QED) is 0.300. The third-order valence-corrected chi connectivity index (χ3v) is 5.50. The third kappa shape index (κ3) is 6.73. The van der Waals surface area contributed by atoms with E-state index in [0.29, 0.717) is 62.5 Å². The van der Waals surface area contributed by atoms with Gasteiger partial charge in [0.25, 0.3) is 0 Å². The van der Waals surface area contributed by atoms with Crippen molar-refractivity contribution in [2.45, 2.75) is 79.1 Å². The number of hydrogen-bond donors (Lipinski definition) is 4. The molecule has 0 atom stereocenters. The smallest absolute Gasteiger partial charge is 0.309 e. The number of carboxylic acid groups (broad SMARTS) is 2. The molecule has 0 aromatic heterocycles. The first kappa shape index (κ1) is 23.8. The first-order valence-electron chi connectivity index (χ1n) is 9.88. The average molecular weight is 395 g/mol. The van der Waals surface area contributed by atoms with Gasteiger partial charge >= 0.3 is 11.9 Å². The molecule has 0 bridgehead atoms. The van der Waals surface area contributed by atoms with Crippen LogP contribution in [-0.4, -0.2) is 32.4 Å². The second kappa shape index (κ2) is 9.80. The van der Waals surface area contributed by atoms with Crippen LogP contribution in [0.25, 0.3) is 0 Å². The van der Waals surface area contributed by atoms with Gasteiger partial charge < -0.3 is 20.4 Å². The van der Waals surface area contributed by atoms with E-state index in [-0.39, 0.29) is 11.5 Å². The summed E-state index contributed by atoms with van der Waals surface area (Å²) in [6.07, 6.45) is 5.06. The lowest BCUT2D eigenvalue weighted by atomic mass is 9.85. The zero-order chi connectivity index (χ0) is 21.5. The number of benzene rings is 1. The maximum absolute atomic E-state index is 11.2. The summed E-state index contributed by atoms with van der Waals surface area (Å²) in [7, 11) is 0. The van der Waals surface area contributed by atoms with E-state index in [0.717, 1.165) is 0 Å². The normalized spacial score (nSPS) is 12.1. The number of phenolic OH excluding ortho intramolecular Hbond substituents is 2. The van der Waals surface area contributed by atoms with E-state index < -0.39 is 22.8 Å². The van der Waals surface area contributed by atoms with Crippen molar-refractivity contribution in [3.05, 3.63) is 23.3 Å². The summed E-state index contributed by atoms with van der Waals surface area (Å²) in [6.45, 7) is 6.80. The van der Waals surface area contributed by atoms with Crippen molar-refractivity contribution in [1.29, 1.82) is 0 Å². The Balaban J connectivity index is 2.68. The lowest BCUT2D eigenvalue weighted by Crippen LogP contribution is -2.23. The van der Waals surface area contributed by atoms with E-state index in [1.807, 2.05) is 0 Å². The summed E-state index contributed by atoms with van der Waals surface area (Å²) in [5, 5.41) is 38.8. The number of aromatic hydroxyl groups is 2. The molecule has 0 spiro atoms. The van der Waals surface area contributed by atoms with Gasteiger partial charge in [0.2, 0.25) is 0 Å². The van der Waals surface area contributed by atoms with Crippen LogP contribution >= 0.6 is 0 Å². The molecule has 0 aliphatic heterocycles. The van der Waals surface area contributed by atoms with E-state index in [1.54, 1.807) is 27.7 Å². The predicted octanol–water partition coefficient (Wildman–Crippen LogP) is 4.75. The number of carbonyl (C=O) groups is 2. The van der Waals surface area contributed by atoms with Gasteiger partial charge in [-0.15, -0.1) is 0 Å². The van der Waals surface area contributed by atoms with Crippen molar-refractivity contribution >= 4 is 11.9 Å². The van der Waals surface area contributed by atoms with Crippen LogP contribution in [0, 0.1) is 10.8 Å². The largest absolute Gasteiger partial charge is 0.508 e. The second-order valence-electron chi connectivity index (χ2n) is 8.85. The van der Waals surface area contributed by atoms with Gasteiger partial charge in [0.1, 0.15) is 11.5 Å². The highest BCUT2D eigenvalue weighted by Gasteiger charge is 2.27. The molecule has 0 fully saturated rings. The summed E-state index contributed by atoms with van der Waals surface area (Å²) in [5.41, 5.74) is -0.155. The van der Waals surface area contributed by atoms with Crippen molar-refractivity contribution in [3.63, 3.8) is 0 Å². The predicted molar refractivity (Wildman–Crippen MR) is 108 cm³/mol. The Kier molecular flexibility index (Phi) is 8.33. The van der Waals surface area contributed by atoms with Crippen molar-refractivity contribution in [3.8, 4) is 11.5 Å². The van der Waals surface area contributed by atoms with Crippen LogP contribution in [-0.2, 0) is 22.4 Å². The van der Waals surface area contributed by atoms with E-state index in [9.17, 15) is 30.0 Å². The Morgan fingerprint density at radius 3 is 1.32 bits per heavy atom. The molecule has 0 aliphatic rings. The molecule has 1 aromatic carbocycles. The van der Waals surface area contributed by atoms with Crippen LogP contribution in [0.5, 0.6) is 11.5 Å². The Morgan fingerprint density at radius 2 is 1.04 bits per heavy atom. The van der Waals surface area contributed by atoms with Crippen molar-refractivity contribution in [2.24, 2.45) is 10.8 Å². The molecule has 0 heterocycles. The van der Waals surface area contributed by atoms with Crippen LogP contribution < -0.4 is 0 Å². The molecule has 0 aliphatic carbocycles. The number of rotatable bonds is 12. The van der Waals surface area contributed by atoms with Gasteiger partial charge in [0.05, 0.1) is 10.8 Å². The monoisotopic (exact) mass is 394 g/mol. The van der Waals surface area contributed by atoms with Crippen LogP contribution in [0.1, 0.15) is 77.3 Å². The van der Waals surface area contributed by atoms with E-state index in [1.165, 1.54) is 12.1 Å². The summed E-state index contributed by atoms with van der Waals surface area (Å²) in [6, 6.07) is 2.95. The second-order valence-corrected chi connectivity index (χ2v) is 8.85. The highest BCUT2D eigenvalue weighted by atomic mass is 16.4. The minimum Gasteiger partial charge on any atom is -0.508 e. The first-order chi connectivity index (χ1) is 12.9. The van der Waals surface area contributed by atoms with Crippen LogP contribution in [0.2, 0.25) is 0 Å². The molecule has 1 rings (SSSR count). The fourth-order valence-corrected chi connectivity index (χ4v) is 3.18. The fraction of sp³-hybridized carbons (Fsp3) is 0.636. The molecule has 0 saturated heterocycles. The molecular weight excluding hydrogens is 360 g/mol. The molecule has 158 valence electrons. The van der Waals surface area contributed by atoms with Crippen molar-refractivity contribution < 1.29 is 30.0 Å². The third-order valence-electron chi connectivity index (χ3n) is 5.50. The summed E-state index contributed by atoms with van der Waals surface area (Å²) in [4.78, 5) is 22.4. The topological polar surface area (TPSA) is 115 Å². The molecular formula is C22H34O6. The number of hydrogen-bond acceptors (Lipinski definition) is 4. The van der Waals surface area contributed by atoms with Crippen molar-refractivity contribution in [1.82, 2.24) is 0 Å². The Labute approximate surface area is 167 Å². The lowest BCUT2D eigenvalue weighted by Gasteiger charge is -2.20. The van der Waals surface area contributed by atoms with E-state index >= 15 is 0 Å². The highest BCUT2D eigenvalue weighted by molar-refractivity contribution is 5.73. The van der Waals surface area contributed by atoms with Crippen molar-refractivity contribution in [2.75, 3.05) is 0 Å². The Bertz CT molecular complexity index is 632. The molecule has 0 radical (unpaired) electrons. The van der Waals surface area contributed by atoms with Crippen LogP contribution in [0.3, 0.4) is 0 Å². The molecule has 6 nitrogen and oxygen atoms in total. The average Bonchev–Trinajstić information content (AvgIpc) is 2.59. The van der Waals surface area contributed by atoms with E-state index in [4.69, 9.17) is 0 Å². The van der Waals surface area contributed by atoms with Crippen LogP contribution in [0.15, 0.2) is 12.1 Å². The minimum atomic E-state index is -0.822. The van der Waals surface area contributed by atoms with Gasteiger partial charge in [-0.3, -0.25) is 9.59 Å². The molecule has 6 heteroatoms. The first-order valence-corrected chi connectivity index (χ1v) is 9.88. The molecule has 0 amide bonds. The van der Waals surface area contributed by atoms with Gasteiger partial charge in [0, 0.05) is 11.1 Å². The Morgan fingerprint density at radius 1 is 0.714 bits per heavy atom. The summed E-state index contributed by atoms with van der Waals surface area (Å²) in [5.74, 6) is -1.37. The van der Waals surface area contributed by atoms with E-state index in [2.05, 4.69) is 0 Å². The summed E-state index contributed by atoms with van der Waals surface area (Å²) >= 11 is 0. The van der Waals surface area contributed by atoms with Gasteiger partial charge in [-0.2, -0.15) is 0 Å². The SMILES string of the molecule is CC(C)(CCCCc1c(O)ccc(O)c1CCCCC(C)(C)C(=O)O)C(=O)O.